The number of halogens is 3. The standard InChI is InChI=1S/C20H32F3N5O2/c1-4-27(15-20(21,22)23)13-16-8-10-28(14-16)19(25-12-18(29)26(2)3)24-9-7-17-6-5-11-30-17/h5-6,11,16H,4,7-10,12-15H2,1-3H3,(H,24,25). The first-order chi connectivity index (χ1) is 14.2. The van der Waals surface area contributed by atoms with Gasteiger partial charge in [0, 0.05) is 46.7 Å². The Labute approximate surface area is 175 Å². The summed E-state index contributed by atoms with van der Waals surface area (Å²) in [6.07, 6.45) is -1.12. The largest absolute Gasteiger partial charge is 0.469 e. The summed E-state index contributed by atoms with van der Waals surface area (Å²) in [7, 11) is 3.35. The second-order valence-electron chi connectivity index (χ2n) is 7.73. The highest BCUT2D eigenvalue weighted by molar-refractivity contribution is 5.85. The van der Waals surface area contributed by atoms with Gasteiger partial charge in [-0.3, -0.25) is 9.69 Å². The number of amides is 1. The second-order valence-corrected chi connectivity index (χ2v) is 7.73. The van der Waals surface area contributed by atoms with Crippen LogP contribution in [0.25, 0.3) is 0 Å². The highest BCUT2D eigenvalue weighted by Crippen LogP contribution is 2.21. The number of guanidine groups is 1. The normalized spacial score (nSPS) is 17.6. The van der Waals surface area contributed by atoms with Gasteiger partial charge in [-0.05, 0) is 31.0 Å². The third kappa shape index (κ3) is 8.25. The van der Waals surface area contributed by atoms with E-state index in [1.165, 1.54) is 9.80 Å². The molecule has 0 spiro atoms. The van der Waals surface area contributed by atoms with E-state index in [2.05, 4.69) is 10.3 Å². The molecule has 1 amide bonds. The van der Waals surface area contributed by atoms with Crippen LogP contribution in [0.4, 0.5) is 13.2 Å². The topological polar surface area (TPSA) is 64.3 Å². The van der Waals surface area contributed by atoms with Crippen LogP contribution >= 0.6 is 0 Å². The number of carbonyl (C=O) groups excluding carboxylic acids is 1. The number of likely N-dealkylation sites (tertiary alicyclic amines) is 1. The zero-order valence-corrected chi connectivity index (χ0v) is 17.9. The van der Waals surface area contributed by atoms with Crippen molar-refractivity contribution in [2.45, 2.75) is 25.9 Å². The minimum Gasteiger partial charge on any atom is -0.469 e. The van der Waals surface area contributed by atoms with E-state index >= 15 is 0 Å². The van der Waals surface area contributed by atoms with Gasteiger partial charge in [0.05, 0.1) is 12.8 Å². The maximum atomic E-state index is 12.7. The average Bonchev–Trinajstić information content (AvgIpc) is 3.34. The van der Waals surface area contributed by atoms with E-state index in [1.54, 1.807) is 27.3 Å². The van der Waals surface area contributed by atoms with E-state index in [0.29, 0.717) is 45.1 Å². The van der Waals surface area contributed by atoms with Crippen molar-refractivity contribution in [2.75, 3.05) is 59.9 Å². The molecule has 0 aliphatic carbocycles. The molecular formula is C20H32F3N5O2. The van der Waals surface area contributed by atoms with Crippen molar-refractivity contribution in [3.05, 3.63) is 24.2 Å². The minimum atomic E-state index is -4.19. The lowest BCUT2D eigenvalue weighted by atomic mass is 10.1. The molecule has 2 heterocycles. The molecule has 0 bridgehead atoms. The van der Waals surface area contributed by atoms with Crippen LogP contribution in [0.5, 0.6) is 0 Å². The molecule has 1 unspecified atom stereocenters. The number of nitrogens with zero attached hydrogens (tertiary/aromatic N) is 4. The van der Waals surface area contributed by atoms with Crippen LogP contribution < -0.4 is 5.32 Å². The van der Waals surface area contributed by atoms with Crippen molar-refractivity contribution in [2.24, 2.45) is 10.9 Å². The van der Waals surface area contributed by atoms with Gasteiger partial charge < -0.3 is 19.5 Å². The van der Waals surface area contributed by atoms with Gasteiger partial charge in [-0.15, -0.1) is 0 Å². The van der Waals surface area contributed by atoms with Crippen LogP contribution in [0.3, 0.4) is 0 Å². The van der Waals surface area contributed by atoms with Crippen LogP contribution in [-0.4, -0.2) is 92.7 Å². The zero-order valence-electron chi connectivity index (χ0n) is 17.9. The van der Waals surface area contributed by atoms with Crippen molar-refractivity contribution < 1.29 is 22.4 Å². The lowest BCUT2D eigenvalue weighted by molar-refractivity contribution is -0.146. The number of aliphatic imine (C=N–C) groups is 1. The van der Waals surface area contributed by atoms with E-state index < -0.39 is 12.7 Å². The van der Waals surface area contributed by atoms with E-state index in [0.717, 1.165) is 12.2 Å². The summed E-state index contributed by atoms with van der Waals surface area (Å²) in [4.78, 5) is 21.3. The number of hydrogen-bond donors (Lipinski definition) is 1. The predicted octanol–water partition coefficient (Wildman–Crippen LogP) is 2.06. The number of hydrogen-bond acceptors (Lipinski definition) is 4. The Hall–Kier alpha value is -2.23. The van der Waals surface area contributed by atoms with Crippen molar-refractivity contribution in [1.29, 1.82) is 0 Å². The molecule has 30 heavy (non-hydrogen) atoms. The van der Waals surface area contributed by atoms with E-state index in [-0.39, 0.29) is 18.4 Å². The fourth-order valence-electron chi connectivity index (χ4n) is 3.40. The summed E-state index contributed by atoms with van der Waals surface area (Å²) < 4.78 is 43.6. The monoisotopic (exact) mass is 431 g/mol. The van der Waals surface area contributed by atoms with Crippen molar-refractivity contribution in [3.63, 3.8) is 0 Å². The Morgan fingerprint density at radius 1 is 1.40 bits per heavy atom. The predicted molar refractivity (Wildman–Crippen MR) is 109 cm³/mol. The number of alkyl halides is 3. The third-order valence-corrected chi connectivity index (χ3v) is 5.05. The Bertz CT molecular complexity index is 676. The highest BCUT2D eigenvalue weighted by atomic mass is 19.4. The first-order valence-electron chi connectivity index (χ1n) is 10.2. The average molecular weight is 432 g/mol. The smallest absolute Gasteiger partial charge is 0.401 e. The van der Waals surface area contributed by atoms with Crippen molar-refractivity contribution in [3.8, 4) is 0 Å². The third-order valence-electron chi connectivity index (χ3n) is 5.05. The number of likely N-dealkylation sites (N-methyl/N-ethyl adjacent to an activating group) is 1. The van der Waals surface area contributed by atoms with Crippen LogP contribution in [-0.2, 0) is 11.2 Å². The van der Waals surface area contributed by atoms with E-state index in [9.17, 15) is 18.0 Å². The maximum Gasteiger partial charge on any atom is 0.401 e. The second kappa shape index (κ2) is 11.2. The maximum absolute atomic E-state index is 12.7. The lowest BCUT2D eigenvalue weighted by Gasteiger charge is -2.26. The molecular weight excluding hydrogens is 399 g/mol. The number of rotatable bonds is 9. The summed E-state index contributed by atoms with van der Waals surface area (Å²) in [5.41, 5.74) is 0. The van der Waals surface area contributed by atoms with Gasteiger partial charge >= 0.3 is 6.18 Å². The molecule has 1 aliphatic heterocycles. The summed E-state index contributed by atoms with van der Waals surface area (Å²) >= 11 is 0. The molecule has 1 aliphatic rings. The molecule has 2 rings (SSSR count). The number of nitrogens with one attached hydrogen (secondary N) is 1. The Morgan fingerprint density at radius 2 is 2.17 bits per heavy atom. The van der Waals surface area contributed by atoms with Crippen LogP contribution in [0.1, 0.15) is 19.1 Å². The molecule has 1 saturated heterocycles. The minimum absolute atomic E-state index is 0.0202. The molecule has 0 radical (unpaired) electrons. The van der Waals surface area contributed by atoms with Gasteiger partial charge in [0.15, 0.2) is 5.96 Å². The summed E-state index contributed by atoms with van der Waals surface area (Å²) in [5.74, 6) is 1.46. The quantitative estimate of drug-likeness (QED) is 0.479. The molecule has 10 heteroatoms. The van der Waals surface area contributed by atoms with Crippen LogP contribution in [0.15, 0.2) is 27.8 Å². The Kier molecular flexibility index (Phi) is 9.01. The van der Waals surface area contributed by atoms with Gasteiger partial charge in [0.1, 0.15) is 12.3 Å². The first-order valence-corrected chi connectivity index (χ1v) is 10.2. The van der Waals surface area contributed by atoms with Gasteiger partial charge in [0.2, 0.25) is 5.91 Å². The summed E-state index contributed by atoms with van der Waals surface area (Å²) in [6, 6.07) is 3.71. The van der Waals surface area contributed by atoms with Gasteiger partial charge in [-0.25, -0.2) is 4.99 Å². The molecule has 7 nitrogen and oxygen atoms in total. The molecule has 1 N–H and O–H groups in total. The molecule has 170 valence electrons. The molecule has 1 fully saturated rings. The van der Waals surface area contributed by atoms with E-state index in [1.807, 2.05) is 17.0 Å². The number of carbonyl (C=O) groups is 1. The SMILES string of the molecule is CCN(CC1CCN(C(=NCC(=O)N(C)C)NCCc2ccco2)C1)CC(F)(F)F. The Balaban J connectivity index is 1.95. The molecule has 0 saturated carbocycles. The fourth-order valence-corrected chi connectivity index (χ4v) is 3.40. The molecule has 1 atom stereocenters. The zero-order chi connectivity index (χ0) is 22.1. The van der Waals surface area contributed by atoms with Gasteiger partial charge in [-0.2, -0.15) is 13.2 Å². The number of furan rings is 1. The van der Waals surface area contributed by atoms with E-state index in [4.69, 9.17) is 4.42 Å². The fraction of sp³-hybridized carbons (Fsp3) is 0.700. The lowest BCUT2D eigenvalue weighted by Crippen LogP contribution is -2.43. The van der Waals surface area contributed by atoms with Gasteiger partial charge in [-0.1, -0.05) is 6.92 Å². The summed E-state index contributed by atoms with van der Waals surface area (Å²) in [6.45, 7) is 3.51. The van der Waals surface area contributed by atoms with Crippen LogP contribution in [0.2, 0.25) is 0 Å². The Morgan fingerprint density at radius 3 is 2.77 bits per heavy atom. The van der Waals surface area contributed by atoms with Crippen LogP contribution in [0, 0.1) is 5.92 Å². The molecule has 1 aromatic rings. The molecule has 0 aromatic carbocycles. The van der Waals surface area contributed by atoms with Gasteiger partial charge in [0.25, 0.3) is 0 Å². The van der Waals surface area contributed by atoms with Crippen molar-refractivity contribution >= 4 is 11.9 Å². The first kappa shape index (κ1) is 24.0. The van der Waals surface area contributed by atoms with Crippen molar-refractivity contribution in [1.82, 2.24) is 20.0 Å². The molecule has 1 aromatic heterocycles. The summed E-state index contributed by atoms with van der Waals surface area (Å²) in [5, 5.41) is 3.27. The highest BCUT2D eigenvalue weighted by Gasteiger charge is 2.33.